The van der Waals surface area contributed by atoms with E-state index in [2.05, 4.69) is 28.1 Å². The van der Waals surface area contributed by atoms with Crippen LogP contribution in [0.4, 0.5) is 39.8 Å². The number of benzene rings is 8. The van der Waals surface area contributed by atoms with Crippen molar-refractivity contribution in [2.45, 2.75) is 56.6 Å². The molecule has 0 aromatic heterocycles. The number of nitrogens with two attached hydrogens (primary N) is 1. The molecule has 0 radical (unpaired) electrons. The van der Waals surface area contributed by atoms with Crippen LogP contribution in [0, 0.1) is 29.3 Å². The average molecular weight is 1200 g/mol. The number of methoxy groups -OCH3 is 1. The quantitative estimate of drug-likeness (QED) is 0.115. The Morgan fingerprint density at radius 2 is 1.06 bits per heavy atom. The van der Waals surface area contributed by atoms with Crippen LogP contribution in [-0.2, 0) is 22.7 Å². The van der Waals surface area contributed by atoms with Gasteiger partial charge in [-0.2, -0.15) is 0 Å². The van der Waals surface area contributed by atoms with Crippen molar-refractivity contribution in [1.29, 1.82) is 0 Å². The zero-order chi connectivity index (χ0) is 59.0. The second kappa shape index (κ2) is 29.4. The van der Waals surface area contributed by atoms with Crippen molar-refractivity contribution in [2.24, 2.45) is 11.8 Å². The van der Waals surface area contributed by atoms with Crippen LogP contribution in [-0.4, -0.2) is 48.7 Å². The highest BCUT2D eigenvalue weighted by atomic mass is 35.5. The van der Waals surface area contributed by atoms with Crippen LogP contribution in [0.3, 0.4) is 0 Å². The van der Waals surface area contributed by atoms with Crippen molar-refractivity contribution in [3.63, 3.8) is 0 Å². The van der Waals surface area contributed by atoms with E-state index in [4.69, 9.17) is 54.7 Å². The van der Waals surface area contributed by atoms with Gasteiger partial charge in [0.2, 0.25) is 0 Å². The highest BCUT2D eigenvalue weighted by Gasteiger charge is 2.48. The lowest BCUT2D eigenvalue weighted by Gasteiger charge is -2.39. The molecule has 5 N–H and O–H groups in total. The largest absolute Gasteiger partial charge is 0.497 e. The maximum Gasteiger partial charge on any atom is 0.414 e. The highest BCUT2D eigenvalue weighted by molar-refractivity contribution is 6.31. The topological polar surface area (TPSA) is 130 Å². The van der Waals surface area contributed by atoms with Gasteiger partial charge in [0.1, 0.15) is 36.4 Å². The van der Waals surface area contributed by atoms with Crippen LogP contribution < -0.4 is 26.4 Å². The third-order valence-corrected chi connectivity index (χ3v) is 15.6. The molecule has 2 saturated heterocycles. The zero-order valence-electron chi connectivity index (χ0n) is 46.0. The Hall–Kier alpha value is -8.14. The van der Waals surface area contributed by atoms with E-state index in [-0.39, 0.29) is 54.3 Å². The van der Waals surface area contributed by atoms with E-state index < -0.39 is 17.7 Å². The SMILES string of the molecule is COc1ccccc1.Fc1cc(Cl)cc2c1NC(c1ccccc1)C1CCNC21.Nc1ccc(Cl)cc1F.O=C(OCc1ccccc1)N1C=CCC1.O=C(OCc1ccccc1)N1CCC2C(c3ccccc3)Nc3c(F)cc(Cl)cc3C21. The molecular weight excluding hydrogens is 1130 g/mol. The second-order valence-corrected chi connectivity index (χ2v) is 21.7. The molecule has 84 heavy (non-hydrogen) atoms. The number of hydrogen-bond donors (Lipinski definition) is 4. The van der Waals surface area contributed by atoms with E-state index in [9.17, 15) is 22.8 Å². The van der Waals surface area contributed by atoms with Crippen molar-refractivity contribution < 1.29 is 37.0 Å². The van der Waals surface area contributed by atoms with Gasteiger partial charge >= 0.3 is 12.2 Å². The number of amides is 2. The molecule has 0 saturated carbocycles. The molecule has 0 aliphatic carbocycles. The van der Waals surface area contributed by atoms with E-state index >= 15 is 0 Å². The Morgan fingerprint density at radius 1 is 0.560 bits per heavy atom. The van der Waals surface area contributed by atoms with Crippen molar-refractivity contribution in [2.75, 3.05) is 43.1 Å². The average Bonchev–Trinajstić information content (AvgIpc) is 2.28. The molecule has 434 valence electrons. The Bertz CT molecular complexity index is 3470. The summed E-state index contributed by atoms with van der Waals surface area (Å²) in [4.78, 5) is 27.8. The van der Waals surface area contributed by atoms with E-state index in [1.807, 2.05) is 152 Å². The standard InChI is InChI=1S/C25H22ClFN2O2.C17H16ClFN2.C12H13NO2.C7H8O.C6H5ClFN/c26-18-13-20-23(21(27)14-18)28-22(17-9-5-2-6-10-17)19-11-12-29(24(19)20)25(30)31-15-16-7-3-1-4-8-16;18-11-8-13-16-12(6-7-20-16)15(10-4-2-1-3-5-10)21-17(13)14(19)9-11;14-12(13-8-4-5-9-13)15-10-11-6-2-1-3-7-11;1-8-7-5-3-2-4-6-7;7-4-1-2-6(9)5(8)3-4/h1-10,13-14,19,22,24,28H,11-12,15H2;1-5,8-9,12,15-16,20-21H,6-7H2;1-4,6-8H,5,9-10H2;2-6H,1H3;1-3H,9H2. The van der Waals surface area contributed by atoms with E-state index in [1.54, 1.807) is 35.2 Å². The van der Waals surface area contributed by atoms with E-state index in [0.717, 1.165) is 60.4 Å². The number of fused-ring (bicyclic) bond motifs is 6. The zero-order valence-corrected chi connectivity index (χ0v) is 48.3. The predicted octanol–water partition coefficient (Wildman–Crippen LogP) is 16.9. The smallest absolute Gasteiger partial charge is 0.414 e. The summed E-state index contributed by atoms with van der Waals surface area (Å²) in [6, 6.07) is 59.5. The number of nitrogens with zero attached hydrogens (tertiary/aromatic N) is 2. The minimum Gasteiger partial charge on any atom is -0.497 e. The molecule has 8 aromatic rings. The number of nitrogens with one attached hydrogen (secondary N) is 3. The summed E-state index contributed by atoms with van der Waals surface area (Å²) < 4.78 is 57.2. The third-order valence-electron chi connectivity index (χ3n) is 15.0. The van der Waals surface area contributed by atoms with Crippen LogP contribution in [0.5, 0.6) is 5.75 Å². The van der Waals surface area contributed by atoms with Gasteiger partial charge in [0, 0.05) is 57.8 Å². The van der Waals surface area contributed by atoms with Crippen molar-refractivity contribution >= 4 is 64.1 Å². The van der Waals surface area contributed by atoms with Gasteiger partial charge in [-0.25, -0.2) is 22.8 Å². The molecule has 5 aliphatic heterocycles. The fourth-order valence-electron chi connectivity index (χ4n) is 11.0. The number of ether oxygens (including phenoxy) is 3. The molecule has 8 aromatic carbocycles. The molecule has 6 atom stereocenters. The van der Waals surface area contributed by atoms with Crippen LogP contribution in [0.15, 0.2) is 206 Å². The lowest BCUT2D eigenvalue weighted by atomic mass is 9.80. The summed E-state index contributed by atoms with van der Waals surface area (Å²) in [6.07, 6.45) is 5.84. The number of anilines is 3. The van der Waals surface area contributed by atoms with Gasteiger partial charge in [-0.1, -0.05) is 180 Å². The molecular formula is C67H64Cl3F3N6O5. The minimum atomic E-state index is -0.470. The molecule has 2 amide bonds. The first-order valence-electron chi connectivity index (χ1n) is 27.6. The molecule has 5 heterocycles. The molecule has 0 bridgehead atoms. The molecule has 0 spiro atoms. The fraction of sp³-hybridized carbons (Fsp3) is 0.224. The summed E-state index contributed by atoms with van der Waals surface area (Å²) >= 11 is 17.6. The number of hydrogen-bond acceptors (Lipinski definition) is 9. The van der Waals surface area contributed by atoms with Gasteiger partial charge in [0.05, 0.1) is 42.3 Å². The third kappa shape index (κ3) is 15.5. The Morgan fingerprint density at radius 3 is 1.57 bits per heavy atom. The first-order valence-corrected chi connectivity index (χ1v) is 28.7. The summed E-state index contributed by atoms with van der Waals surface area (Å²) in [5, 5.41) is 11.4. The molecule has 2 fully saturated rings. The van der Waals surface area contributed by atoms with E-state index in [1.165, 1.54) is 29.8 Å². The van der Waals surface area contributed by atoms with Gasteiger partial charge < -0.3 is 40.8 Å². The summed E-state index contributed by atoms with van der Waals surface area (Å²) in [5.41, 5.74) is 12.1. The Balaban J connectivity index is 0.000000138. The maximum atomic E-state index is 14.9. The molecule has 6 unspecified atom stereocenters. The van der Waals surface area contributed by atoms with Crippen LogP contribution >= 0.6 is 34.8 Å². The summed E-state index contributed by atoms with van der Waals surface area (Å²) in [7, 11) is 1.66. The molecule has 11 nitrogen and oxygen atoms in total. The molecule has 13 rings (SSSR count). The number of rotatable bonds is 7. The number of carbonyl (C=O) groups excluding carboxylic acids is 2. The lowest BCUT2D eigenvalue weighted by molar-refractivity contribution is 0.0864. The number of halogens is 6. The number of carbonyl (C=O) groups is 2. The van der Waals surface area contributed by atoms with Crippen LogP contribution in [0.1, 0.15) is 76.8 Å². The first-order chi connectivity index (χ1) is 40.8. The number of likely N-dealkylation sites (tertiary alicyclic amines) is 1. The van der Waals surface area contributed by atoms with E-state index in [0.29, 0.717) is 51.1 Å². The molecule has 17 heteroatoms. The van der Waals surface area contributed by atoms with Crippen LogP contribution in [0.25, 0.3) is 0 Å². The minimum absolute atomic E-state index is 0.0806. The summed E-state index contributed by atoms with van der Waals surface area (Å²) in [5.74, 6) is 0.252. The van der Waals surface area contributed by atoms with Gasteiger partial charge in [-0.05, 0) is 108 Å². The van der Waals surface area contributed by atoms with Crippen molar-refractivity contribution in [3.8, 4) is 5.75 Å². The fourth-order valence-corrected chi connectivity index (χ4v) is 11.6. The lowest BCUT2D eigenvalue weighted by Crippen LogP contribution is -2.38. The normalized spacial score (nSPS) is 19.1. The molecule has 5 aliphatic rings. The van der Waals surface area contributed by atoms with Gasteiger partial charge in [0.15, 0.2) is 0 Å². The van der Waals surface area contributed by atoms with Crippen LogP contribution in [0.2, 0.25) is 15.1 Å². The number of nitrogen functional groups attached to an aromatic ring is 1. The highest BCUT2D eigenvalue weighted by Crippen LogP contribution is 2.53. The number of para-hydroxylation sites is 1. The van der Waals surface area contributed by atoms with Gasteiger partial charge in [-0.3, -0.25) is 4.90 Å². The Labute approximate surface area is 503 Å². The van der Waals surface area contributed by atoms with Gasteiger partial charge in [0.25, 0.3) is 0 Å². The maximum absolute atomic E-state index is 14.9. The monoisotopic (exact) mass is 1190 g/mol. The van der Waals surface area contributed by atoms with Gasteiger partial charge in [-0.15, -0.1) is 0 Å². The predicted molar refractivity (Wildman–Crippen MR) is 327 cm³/mol. The Kier molecular flexibility index (Phi) is 21.2. The first kappa shape index (κ1) is 60.5. The van der Waals surface area contributed by atoms with Crippen molar-refractivity contribution in [1.82, 2.24) is 15.1 Å². The second-order valence-electron chi connectivity index (χ2n) is 20.4. The van der Waals surface area contributed by atoms with Crippen molar-refractivity contribution in [3.05, 3.63) is 272 Å². The summed E-state index contributed by atoms with van der Waals surface area (Å²) in [6.45, 7) is 2.76.